The van der Waals surface area contributed by atoms with Crippen LogP contribution < -0.4 is 5.56 Å². The smallest absolute Gasteiger partial charge is 0.251 e. The van der Waals surface area contributed by atoms with Gasteiger partial charge in [0.2, 0.25) is 0 Å². The largest absolute Gasteiger partial charge is 0.387 e. The molecule has 2 N–H and O–H groups in total. The third kappa shape index (κ3) is 3.42. The van der Waals surface area contributed by atoms with Crippen LogP contribution >= 0.6 is 37.5 Å². The second-order valence-corrected chi connectivity index (χ2v) is 5.30. The number of halogens is 1. The van der Waals surface area contributed by atoms with Crippen LogP contribution in [0.1, 0.15) is 6.23 Å². The number of alkyl halides is 1. The lowest BCUT2D eigenvalue weighted by Crippen LogP contribution is -2.31. The molecule has 7 nitrogen and oxygen atoms in total. The van der Waals surface area contributed by atoms with E-state index in [4.69, 9.17) is 21.1 Å². The Morgan fingerprint density at radius 1 is 1.70 bits per heavy atom. The SMILES string of the molecule is O=c1ccn([C@@H]2O[C@H](COSOS)C(O)C2F)c(=S)[nH]1. The number of ether oxygens (including phenoxy) is 1. The molecule has 1 saturated heterocycles. The van der Waals surface area contributed by atoms with E-state index in [0.29, 0.717) is 12.3 Å². The number of hydrogen-bond acceptors (Lipinski definition) is 8. The van der Waals surface area contributed by atoms with E-state index in [-0.39, 0.29) is 11.4 Å². The minimum absolute atomic E-state index is 0.00647. The number of nitrogens with one attached hydrogen (secondary N) is 1. The fourth-order valence-electron chi connectivity index (χ4n) is 1.81. The number of nitrogens with zero attached hydrogens (tertiary/aromatic N) is 1. The van der Waals surface area contributed by atoms with Crippen LogP contribution in [0.4, 0.5) is 4.39 Å². The summed E-state index contributed by atoms with van der Waals surface area (Å²) in [7, 11) is 0. The minimum Gasteiger partial charge on any atom is -0.387 e. The van der Waals surface area contributed by atoms with Crippen LogP contribution in [0.2, 0.25) is 0 Å². The molecule has 1 aliphatic heterocycles. The first-order chi connectivity index (χ1) is 9.54. The summed E-state index contributed by atoms with van der Waals surface area (Å²) in [4.78, 5) is 13.4. The van der Waals surface area contributed by atoms with E-state index in [9.17, 15) is 14.3 Å². The van der Waals surface area contributed by atoms with Crippen molar-refractivity contribution in [1.82, 2.24) is 9.55 Å². The van der Waals surface area contributed by atoms with Crippen molar-refractivity contribution in [3.63, 3.8) is 0 Å². The number of aliphatic hydroxyl groups excluding tert-OH is 1. The van der Waals surface area contributed by atoms with Gasteiger partial charge in [-0.15, -0.1) is 0 Å². The van der Waals surface area contributed by atoms with Crippen LogP contribution in [0.3, 0.4) is 0 Å². The minimum atomic E-state index is -1.71. The highest BCUT2D eigenvalue weighted by Crippen LogP contribution is 2.32. The maximum Gasteiger partial charge on any atom is 0.251 e. The number of aliphatic hydroxyl groups is 1. The summed E-state index contributed by atoms with van der Waals surface area (Å²) < 4.78 is 29.9. The first-order valence-electron chi connectivity index (χ1n) is 5.43. The Morgan fingerprint density at radius 2 is 2.45 bits per heavy atom. The van der Waals surface area contributed by atoms with Gasteiger partial charge in [-0.3, -0.25) is 18.5 Å². The summed E-state index contributed by atoms with van der Waals surface area (Å²) in [6, 6.07) is 1.19. The number of thiol groups is 1. The van der Waals surface area contributed by atoms with E-state index in [2.05, 4.69) is 21.5 Å². The van der Waals surface area contributed by atoms with Crippen LogP contribution in [-0.2, 0) is 12.5 Å². The summed E-state index contributed by atoms with van der Waals surface area (Å²) in [5, 5.41) is 9.77. The quantitative estimate of drug-likeness (QED) is 0.318. The van der Waals surface area contributed by atoms with Crippen molar-refractivity contribution in [2.24, 2.45) is 0 Å². The van der Waals surface area contributed by atoms with Gasteiger partial charge in [-0.05, 0) is 25.1 Å². The Hall–Kier alpha value is -0.430. The fraction of sp³-hybridized carbons (Fsp3) is 0.556. The molecule has 0 amide bonds. The fourth-order valence-corrected chi connectivity index (χ4v) is 2.44. The van der Waals surface area contributed by atoms with Gasteiger partial charge in [0.25, 0.3) is 5.56 Å². The Bertz CT molecular complexity index is 567. The van der Waals surface area contributed by atoms with Gasteiger partial charge < -0.3 is 9.84 Å². The molecule has 2 unspecified atom stereocenters. The van der Waals surface area contributed by atoms with Gasteiger partial charge in [0, 0.05) is 12.3 Å². The Labute approximate surface area is 128 Å². The molecule has 112 valence electrons. The molecule has 0 aliphatic carbocycles. The maximum absolute atomic E-state index is 14.1. The molecule has 0 radical (unpaired) electrons. The van der Waals surface area contributed by atoms with E-state index in [1.165, 1.54) is 16.8 Å². The lowest BCUT2D eigenvalue weighted by molar-refractivity contribution is -0.0418. The van der Waals surface area contributed by atoms with Crippen molar-refractivity contribution in [2.75, 3.05) is 6.61 Å². The van der Waals surface area contributed by atoms with E-state index in [0.717, 1.165) is 0 Å². The Balaban J connectivity index is 2.13. The molecule has 1 fully saturated rings. The number of rotatable bonds is 5. The molecule has 0 bridgehead atoms. The van der Waals surface area contributed by atoms with Gasteiger partial charge in [0.05, 0.1) is 6.61 Å². The number of hydrogen-bond donors (Lipinski definition) is 3. The van der Waals surface area contributed by atoms with Crippen LogP contribution in [0.15, 0.2) is 17.1 Å². The molecule has 2 rings (SSSR count). The van der Waals surface area contributed by atoms with Gasteiger partial charge in [-0.1, -0.05) is 0 Å². The molecular formula is C9H11FN2O5S3. The third-order valence-electron chi connectivity index (χ3n) is 2.73. The highest BCUT2D eigenvalue weighted by atomic mass is 32.2. The molecule has 0 aromatic carbocycles. The molecule has 20 heavy (non-hydrogen) atoms. The monoisotopic (exact) mass is 342 g/mol. The van der Waals surface area contributed by atoms with Crippen LogP contribution in [0.25, 0.3) is 0 Å². The zero-order valence-electron chi connectivity index (χ0n) is 9.84. The van der Waals surface area contributed by atoms with E-state index in [1.54, 1.807) is 0 Å². The molecule has 1 aliphatic rings. The lowest BCUT2D eigenvalue weighted by Gasteiger charge is -2.16. The summed E-state index contributed by atoms with van der Waals surface area (Å²) in [5.41, 5.74) is -0.401. The second kappa shape index (κ2) is 7.02. The zero-order chi connectivity index (χ0) is 14.7. The molecular weight excluding hydrogens is 331 g/mol. The first kappa shape index (κ1) is 15.9. The highest BCUT2D eigenvalue weighted by Gasteiger charge is 2.45. The summed E-state index contributed by atoms with van der Waals surface area (Å²) in [6.07, 6.45) is -3.80. The predicted octanol–water partition coefficient (Wildman–Crippen LogP) is 0.943. The second-order valence-electron chi connectivity index (χ2n) is 3.94. The van der Waals surface area contributed by atoms with Crippen LogP contribution in [-0.4, -0.2) is 39.6 Å². The average Bonchev–Trinajstić information content (AvgIpc) is 2.68. The highest BCUT2D eigenvalue weighted by molar-refractivity contribution is 7.98. The van der Waals surface area contributed by atoms with Gasteiger partial charge in [0.1, 0.15) is 12.2 Å². The zero-order valence-corrected chi connectivity index (χ0v) is 12.4. The Morgan fingerprint density at radius 3 is 3.10 bits per heavy atom. The number of aromatic nitrogens is 2. The van der Waals surface area contributed by atoms with Crippen molar-refractivity contribution in [2.45, 2.75) is 24.6 Å². The van der Waals surface area contributed by atoms with Crippen LogP contribution in [0, 0.1) is 4.77 Å². The van der Waals surface area contributed by atoms with Gasteiger partial charge >= 0.3 is 0 Å². The van der Waals surface area contributed by atoms with E-state index in [1.807, 2.05) is 0 Å². The lowest BCUT2D eigenvalue weighted by atomic mass is 10.1. The molecule has 1 aromatic heterocycles. The molecule has 0 spiro atoms. The summed E-state index contributed by atoms with van der Waals surface area (Å²) in [6.45, 7) is -0.0972. The number of H-pyrrole nitrogens is 1. The first-order valence-corrected chi connectivity index (χ1v) is 6.87. The Kier molecular flexibility index (Phi) is 5.60. The average molecular weight is 342 g/mol. The van der Waals surface area contributed by atoms with Crippen molar-refractivity contribution in [1.29, 1.82) is 0 Å². The predicted molar refractivity (Wildman–Crippen MR) is 74.3 cm³/mol. The maximum atomic E-state index is 14.1. The molecule has 2 heterocycles. The van der Waals surface area contributed by atoms with Gasteiger partial charge in [-0.2, -0.15) is 0 Å². The van der Waals surface area contributed by atoms with Crippen LogP contribution in [0.5, 0.6) is 0 Å². The van der Waals surface area contributed by atoms with Crippen molar-refractivity contribution >= 4 is 37.5 Å². The standard InChI is InChI=1S/C9H11FN2O5S3/c10-6-7(14)4(3-15-20-17-19)16-8(6)12-2-1-5(13)11-9(12)18/h1-2,4,6-8,14,19H,3H2,(H,11,13,18)/t4-,6?,7?,8-/m1/s1. The summed E-state index contributed by atoms with van der Waals surface area (Å²) >= 11 is 8.95. The van der Waals surface area contributed by atoms with Crippen molar-refractivity contribution < 1.29 is 22.0 Å². The molecule has 4 atom stereocenters. The molecule has 11 heteroatoms. The van der Waals surface area contributed by atoms with Gasteiger partial charge in [0.15, 0.2) is 29.5 Å². The normalized spacial score (nSPS) is 29.8. The van der Waals surface area contributed by atoms with Crippen molar-refractivity contribution in [3.05, 3.63) is 27.4 Å². The molecule has 0 saturated carbocycles. The topological polar surface area (TPSA) is 85.7 Å². The summed E-state index contributed by atoms with van der Waals surface area (Å²) in [5.74, 6) is 0. The van der Waals surface area contributed by atoms with Crippen molar-refractivity contribution in [3.8, 4) is 0 Å². The van der Waals surface area contributed by atoms with Gasteiger partial charge in [-0.25, -0.2) is 8.02 Å². The molecule has 1 aromatic rings. The third-order valence-corrected chi connectivity index (χ3v) is 3.52. The van der Waals surface area contributed by atoms with E-state index >= 15 is 0 Å². The number of aromatic amines is 1. The van der Waals surface area contributed by atoms with E-state index < -0.39 is 30.2 Å².